The molecular formula is C27H18N2O6. The van der Waals surface area contributed by atoms with E-state index >= 15 is 0 Å². The molecule has 1 aliphatic heterocycles. The molecule has 0 saturated heterocycles. The summed E-state index contributed by atoms with van der Waals surface area (Å²) < 4.78 is 21.9. The van der Waals surface area contributed by atoms with Crippen molar-refractivity contribution in [1.82, 2.24) is 4.98 Å². The maximum Gasteiger partial charge on any atom is 0.339 e. The van der Waals surface area contributed by atoms with Gasteiger partial charge in [-0.05, 0) is 41.8 Å². The molecule has 0 radical (unpaired) electrons. The molecule has 4 aromatic carbocycles. The van der Waals surface area contributed by atoms with Gasteiger partial charge in [0.05, 0.1) is 5.56 Å². The Morgan fingerprint density at radius 3 is 2.63 bits per heavy atom. The highest BCUT2D eigenvalue weighted by Gasteiger charge is 2.20. The summed E-state index contributed by atoms with van der Waals surface area (Å²) >= 11 is 0. The molecule has 8 heteroatoms. The van der Waals surface area contributed by atoms with Crippen LogP contribution in [0.5, 0.6) is 11.5 Å². The predicted octanol–water partition coefficient (Wildman–Crippen LogP) is 5.17. The van der Waals surface area contributed by atoms with Gasteiger partial charge in [-0.1, -0.05) is 36.4 Å². The number of fused-ring (bicyclic) bond motifs is 3. The third kappa shape index (κ3) is 3.91. The topological polar surface area (TPSA) is 99.9 Å². The number of nitrogens with zero attached hydrogens (tertiary/aromatic N) is 1. The highest BCUT2D eigenvalue weighted by atomic mass is 16.7. The molecule has 0 aliphatic carbocycles. The number of nitrogens with one attached hydrogen (secondary N) is 1. The zero-order chi connectivity index (χ0) is 23.8. The number of ether oxygens (including phenoxy) is 3. The quantitative estimate of drug-likeness (QED) is 0.357. The zero-order valence-electron chi connectivity index (χ0n) is 18.3. The average Bonchev–Trinajstić information content (AvgIpc) is 3.53. The maximum atomic E-state index is 13.0. The summed E-state index contributed by atoms with van der Waals surface area (Å²) in [4.78, 5) is 30.0. The van der Waals surface area contributed by atoms with Crippen molar-refractivity contribution in [2.75, 3.05) is 18.7 Å². The van der Waals surface area contributed by atoms with Crippen LogP contribution < -0.4 is 14.8 Å². The van der Waals surface area contributed by atoms with Crippen molar-refractivity contribution in [2.24, 2.45) is 0 Å². The van der Waals surface area contributed by atoms with E-state index in [2.05, 4.69) is 10.3 Å². The standard InChI is InChI=1S/C27H18N2O6/c30-24(28-17-11-12-22-23(13-17)34-15-33-22)14-32-27(31)19-8-4-6-16-5-3-7-18(25(16)19)26-29-20-9-1-2-10-21(20)35-26/h1-13H,14-15H2,(H,28,30). The molecule has 1 aliphatic rings. The summed E-state index contributed by atoms with van der Waals surface area (Å²) in [6, 6.07) is 23.4. The minimum absolute atomic E-state index is 0.140. The molecule has 172 valence electrons. The predicted molar refractivity (Wildman–Crippen MR) is 128 cm³/mol. The first-order valence-electron chi connectivity index (χ1n) is 10.9. The molecule has 1 amide bonds. The summed E-state index contributed by atoms with van der Waals surface area (Å²) in [5.41, 5.74) is 2.87. The van der Waals surface area contributed by atoms with Crippen LogP contribution in [0.3, 0.4) is 0 Å². The third-order valence-electron chi connectivity index (χ3n) is 5.64. The Labute approximate surface area is 199 Å². The summed E-state index contributed by atoms with van der Waals surface area (Å²) in [6.07, 6.45) is 0. The number of hydrogen-bond acceptors (Lipinski definition) is 7. The molecule has 0 saturated carbocycles. The van der Waals surface area contributed by atoms with Crippen molar-refractivity contribution >= 4 is 39.4 Å². The van der Waals surface area contributed by atoms with Crippen molar-refractivity contribution in [1.29, 1.82) is 0 Å². The second kappa shape index (κ2) is 8.49. The Bertz CT molecular complexity index is 1570. The average molecular weight is 466 g/mol. The van der Waals surface area contributed by atoms with Gasteiger partial charge in [0, 0.05) is 22.7 Å². The highest BCUT2D eigenvalue weighted by molar-refractivity contribution is 6.10. The highest BCUT2D eigenvalue weighted by Crippen LogP contribution is 2.35. The minimum Gasteiger partial charge on any atom is -0.454 e. The number of amides is 1. The van der Waals surface area contributed by atoms with Crippen molar-refractivity contribution in [3.8, 4) is 23.0 Å². The van der Waals surface area contributed by atoms with Gasteiger partial charge >= 0.3 is 5.97 Å². The molecule has 1 aromatic heterocycles. The van der Waals surface area contributed by atoms with Gasteiger partial charge in [0.15, 0.2) is 23.7 Å². The summed E-state index contributed by atoms with van der Waals surface area (Å²) in [7, 11) is 0. The first-order valence-corrected chi connectivity index (χ1v) is 10.9. The normalized spacial score (nSPS) is 12.1. The van der Waals surface area contributed by atoms with Gasteiger partial charge in [0.25, 0.3) is 5.91 Å². The number of anilines is 1. The van der Waals surface area contributed by atoms with Crippen molar-refractivity contribution in [2.45, 2.75) is 0 Å². The Morgan fingerprint density at radius 1 is 0.914 bits per heavy atom. The van der Waals surface area contributed by atoms with Crippen LogP contribution in [0.2, 0.25) is 0 Å². The van der Waals surface area contributed by atoms with Gasteiger partial charge in [-0.25, -0.2) is 9.78 Å². The van der Waals surface area contributed by atoms with E-state index in [-0.39, 0.29) is 6.79 Å². The number of oxazole rings is 1. The number of esters is 1. The molecular weight excluding hydrogens is 448 g/mol. The van der Waals surface area contributed by atoms with E-state index in [1.807, 2.05) is 48.5 Å². The molecule has 35 heavy (non-hydrogen) atoms. The Kier molecular flexibility index (Phi) is 5.03. The van der Waals surface area contributed by atoms with Gasteiger partial charge in [0.2, 0.25) is 12.7 Å². The van der Waals surface area contributed by atoms with E-state index in [0.717, 1.165) is 10.9 Å². The first kappa shape index (κ1) is 20.7. The van der Waals surface area contributed by atoms with Crippen molar-refractivity contribution in [3.63, 3.8) is 0 Å². The third-order valence-corrected chi connectivity index (χ3v) is 5.64. The Morgan fingerprint density at radius 2 is 1.74 bits per heavy atom. The van der Waals surface area contributed by atoms with Crippen LogP contribution in [-0.2, 0) is 9.53 Å². The second-order valence-electron chi connectivity index (χ2n) is 7.89. The molecule has 6 rings (SSSR count). The first-order chi connectivity index (χ1) is 17.2. The molecule has 1 N–H and O–H groups in total. The van der Waals surface area contributed by atoms with Gasteiger partial charge in [-0.3, -0.25) is 4.79 Å². The second-order valence-corrected chi connectivity index (χ2v) is 7.89. The van der Waals surface area contributed by atoms with Crippen molar-refractivity contribution < 1.29 is 28.2 Å². The lowest BCUT2D eigenvalue weighted by Gasteiger charge is -2.10. The fraction of sp³-hybridized carbons (Fsp3) is 0.0741. The molecule has 5 aromatic rings. The van der Waals surface area contributed by atoms with E-state index < -0.39 is 18.5 Å². The summed E-state index contributed by atoms with van der Waals surface area (Å²) in [5.74, 6) is 0.455. The molecule has 0 bridgehead atoms. The number of carbonyl (C=O) groups is 2. The monoisotopic (exact) mass is 466 g/mol. The number of benzene rings is 4. The van der Waals surface area contributed by atoms with Crippen LogP contribution in [0.15, 0.2) is 83.3 Å². The zero-order valence-corrected chi connectivity index (χ0v) is 18.3. The SMILES string of the molecule is O=C(COC(=O)c1cccc2cccc(-c3nc4ccccc4o3)c12)Nc1ccc2c(c1)OCO2. The summed E-state index contributed by atoms with van der Waals surface area (Å²) in [5, 5.41) is 4.16. The molecule has 0 unspecified atom stereocenters. The molecule has 0 spiro atoms. The largest absolute Gasteiger partial charge is 0.454 e. The lowest BCUT2D eigenvalue weighted by atomic mass is 9.99. The lowest BCUT2D eigenvalue weighted by Crippen LogP contribution is -2.21. The van der Waals surface area contributed by atoms with Crippen LogP contribution >= 0.6 is 0 Å². The fourth-order valence-electron chi connectivity index (χ4n) is 4.06. The van der Waals surface area contributed by atoms with E-state index in [4.69, 9.17) is 18.6 Å². The van der Waals surface area contributed by atoms with Crippen LogP contribution in [0.4, 0.5) is 5.69 Å². The van der Waals surface area contributed by atoms with Gasteiger partial charge in [0.1, 0.15) is 5.52 Å². The van der Waals surface area contributed by atoms with Crippen LogP contribution in [0.25, 0.3) is 33.3 Å². The Balaban J connectivity index is 1.25. The molecule has 2 heterocycles. The maximum absolute atomic E-state index is 13.0. The number of para-hydroxylation sites is 2. The van der Waals surface area contributed by atoms with Crippen molar-refractivity contribution in [3.05, 3.63) is 84.4 Å². The van der Waals surface area contributed by atoms with Crippen LogP contribution in [0, 0.1) is 0 Å². The Hall–Kier alpha value is -4.85. The van der Waals surface area contributed by atoms with Crippen LogP contribution in [0.1, 0.15) is 10.4 Å². The van der Waals surface area contributed by atoms with Gasteiger partial charge < -0.3 is 23.9 Å². The number of hydrogen-bond donors (Lipinski definition) is 1. The summed E-state index contributed by atoms with van der Waals surface area (Å²) in [6.45, 7) is -0.310. The van der Waals surface area contributed by atoms with E-state index in [9.17, 15) is 9.59 Å². The minimum atomic E-state index is -0.625. The van der Waals surface area contributed by atoms with E-state index in [1.54, 1.807) is 30.3 Å². The molecule has 0 fully saturated rings. The van der Waals surface area contributed by atoms with Gasteiger partial charge in [-0.2, -0.15) is 0 Å². The van der Waals surface area contributed by atoms with E-state index in [1.165, 1.54) is 0 Å². The fourth-order valence-corrected chi connectivity index (χ4v) is 4.06. The van der Waals surface area contributed by atoms with Gasteiger partial charge in [-0.15, -0.1) is 0 Å². The number of carbonyl (C=O) groups excluding carboxylic acids is 2. The molecule has 8 nitrogen and oxygen atoms in total. The number of aromatic nitrogens is 1. The lowest BCUT2D eigenvalue weighted by molar-refractivity contribution is -0.119. The smallest absolute Gasteiger partial charge is 0.339 e. The van der Waals surface area contributed by atoms with Crippen LogP contribution in [-0.4, -0.2) is 30.3 Å². The molecule has 0 atom stereocenters. The van der Waals surface area contributed by atoms with E-state index in [0.29, 0.717) is 45.2 Å². The number of rotatable bonds is 5.